The summed E-state index contributed by atoms with van der Waals surface area (Å²) in [5.41, 5.74) is 4.36. The molecule has 10 rings (SSSR count). The molecule has 4 bridgehead atoms. The third kappa shape index (κ3) is 7.24. The number of rotatable bonds is 14. The molecule has 0 aromatic carbocycles. The highest BCUT2D eigenvalue weighted by Crippen LogP contribution is 2.75. The fourth-order valence-corrected chi connectivity index (χ4v) is 10.0. The highest BCUT2D eigenvalue weighted by atomic mass is 32.2. The number of aromatic amines is 2. The Kier molecular flexibility index (Phi) is 8.38. The summed E-state index contributed by atoms with van der Waals surface area (Å²) in [5, 5.41) is 13.6. The Morgan fingerprint density at radius 3 is 1.53 bits per heavy atom. The maximum atomic E-state index is 11.6. The largest absolute Gasteiger partial charge is 0.491 e. The second-order valence-corrected chi connectivity index (χ2v) is 19.6. The van der Waals surface area contributed by atoms with E-state index in [1.165, 1.54) is 16.8 Å². The van der Waals surface area contributed by atoms with Gasteiger partial charge in [-0.05, 0) is 92.2 Å². The first kappa shape index (κ1) is 33.7. The molecule has 0 unspecified atom stereocenters. The van der Waals surface area contributed by atoms with E-state index in [0.717, 1.165) is 79.2 Å². The molecule has 0 spiro atoms. The van der Waals surface area contributed by atoms with Crippen molar-refractivity contribution in [2.75, 3.05) is 45.1 Å². The Morgan fingerprint density at radius 1 is 0.694 bits per heavy atom. The summed E-state index contributed by atoms with van der Waals surface area (Å²) in [4.78, 5) is 8.77. The first-order chi connectivity index (χ1) is 23.2. The standard InChI is InChI=1S/C17H22N4O3S.C17H21N3O3S/c1-21(25(2,22)23)11-16-8-17(9-16,10-16)12-24-13-3-4-14(18-7-13)15-5-6-19-20-15;1-24(21,22)7-5-16-9-17(10-16,11-16)12-23-13-2-3-14(18-8-13)15-4-6-19-20-15/h3-7H,8-12H2,1-2H3,(H,19,20);2-4,6,8H,5,7,9-12H2,1H3,(H,19,20). The first-order valence-corrected chi connectivity index (χ1v) is 20.3. The lowest BCUT2D eigenvalue weighted by molar-refractivity contribution is -0.220. The summed E-state index contributed by atoms with van der Waals surface area (Å²) in [6.07, 6.45) is 16.6. The van der Waals surface area contributed by atoms with E-state index < -0.39 is 19.9 Å². The zero-order valence-corrected chi connectivity index (χ0v) is 29.7. The van der Waals surface area contributed by atoms with Crippen LogP contribution in [-0.4, -0.2) is 96.6 Å². The molecular formula is C34H43N7O6S2. The van der Waals surface area contributed by atoms with Crippen LogP contribution in [0, 0.1) is 21.7 Å². The summed E-state index contributed by atoms with van der Waals surface area (Å²) in [5.74, 6) is 1.84. The number of pyridine rings is 2. The van der Waals surface area contributed by atoms with Crippen LogP contribution in [0.25, 0.3) is 22.8 Å². The summed E-state index contributed by atoms with van der Waals surface area (Å²) >= 11 is 0. The van der Waals surface area contributed by atoms with E-state index in [-0.39, 0.29) is 21.7 Å². The summed E-state index contributed by atoms with van der Waals surface area (Å²) in [7, 11) is -4.29. The Balaban J connectivity index is 0.000000154. The number of sulfonamides is 1. The number of nitrogens with zero attached hydrogens (tertiary/aromatic N) is 5. The summed E-state index contributed by atoms with van der Waals surface area (Å²) in [6, 6.07) is 11.4. The molecule has 0 saturated heterocycles. The molecule has 6 fully saturated rings. The van der Waals surface area contributed by atoms with Crippen LogP contribution >= 0.6 is 0 Å². The SMILES string of the molecule is CN(CC12CC(COc3ccc(-c4ccn[nH]4)nc3)(C1)C2)S(C)(=O)=O.CS(=O)(=O)CCC12CC(COc3ccc(-c4ccn[nH]4)nc3)(C1)C2. The zero-order valence-electron chi connectivity index (χ0n) is 28.1. The number of aromatic nitrogens is 6. The van der Waals surface area contributed by atoms with Gasteiger partial charge in [0, 0.05) is 43.1 Å². The molecule has 262 valence electrons. The Labute approximate surface area is 287 Å². The molecule has 2 N–H and O–H groups in total. The molecule has 15 heteroatoms. The third-order valence-electron chi connectivity index (χ3n) is 10.7. The predicted molar refractivity (Wildman–Crippen MR) is 184 cm³/mol. The van der Waals surface area contributed by atoms with Gasteiger partial charge >= 0.3 is 0 Å². The predicted octanol–water partition coefficient (Wildman–Crippen LogP) is 4.37. The average molecular weight is 710 g/mol. The minimum absolute atomic E-state index is 0.171. The van der Waals surface area contributed by atoms with Crippen molar-refractivity contribution in [3.63, 3.8) is 0 Å². The average Bonchev–Trinajstić information content (AvgIpc) is 3.71. The number of hydrogen-bond acceptors (Lipinski definition) is 10. The third-order valence-corrected chi connectivity index (χ3v) is 13.0. The van der Waals surface area contributed by atoms with E-state index >= 15 is 0 Å². The number of hydrogen-bond donors (Lipinski definition) is 2. The number of sulfone groups is 1. The molecule has 0 atom stereocenters. The Morgan fingerprint density at radius 2 is 1.16 bits per heavy atom. The second kappa shape index (κ2) is 12.2. The lowest BCUT2D eigenvalue weighted by Crippen LogP contribution is -2.67. The summed E-state index contributed by atoms with van der Waals surface area (Å²) in [6.45, 7) is 1.98. The molecule has 4 aromatic rings. The van der Waals surface area contributed by atoms with Gasteiger partial charge in [0.15, 0.2) is 0 Å². The fourth-order valence-electron chi connectivity index (χ4n) is 8.71. The molecule has 6 aliphatic rings. The van der Waals surface area contributed by atoms with Crippen molar-refractivity contribution in [1.82, 2.24) is 34.7 Å². The van der Waals surface area contributed by atoms with E-state index in [4.69, 9.17) is 9.47 Å². The van der Waals surface area contributed by atoms with Crippen molar-refractivity contribution >= 4 is 19.9 Å². The van der Waals surface area contributed by atoms with E-state index in [0.29, 0.717) is 25.5 Å². The molecular weight excluding hydrogens is 667 g/mol. The van der Waals surface area contributed by atoms with E-state index in [2.05, 4.69) is 30.4 Å². The summed E-state index contributed by atoms with van der Waals surface area (Å²) < 4.78 is 59.0. The van der Waals surface area contributed by atoms with Crippen molar-refractivity contribution in [2.24, 2.45) is 21.7 Å². The quantitative estimate of drug-likeness (QED) is 0.192. The molecule has 0 amide bonds. The highest BCUT2D eigenvalue weighted by Gasteiger charge is 2.68. The van der Waals surface area contributed by atoms with Gasteiger partial charge < -0.3 is 9.47 Å². The van der Waals surface area contributed by atoms with Crippen LogP contribution in [0.1, 0.15) is 44.9 Å². The molecule has 4 aromatic heterocycles. The van der Waals surface area contributed by atoms with E-state index in [1.807, 2.05) is 36.4 Å². The molecule has 6 saturated carbocycles. The van der Waals surface area contributed by atoms with Gasteiger partial charge in [-0.25, -0.2) is 21.1 Å². The number of nitrogens with one attached hydrogen (secondary N) is 2. The molecule has 4 heterocycles. The zero-order chi connectivity index (χ0) is 34.5. The van der Waals surface area contributed by atoms with Crippen LogP contribution < -0.4 is 9.47 Å². The lowest BCUT2D eigenvalue weighted by atomic mass is 9.35. The number of ether oxygens (including phenoxy) is 2. The molecule has 49 heavy (non-hydrogen) atoms. The number of H-pyrrole nitrogens is 2. The van der Waals surface area contributed by atoms with Crippen LogP contribution in [-0.2, 0) is 19.9 Å². The van der Waals surface area contributed by atoms with Crippen molar-refractivity contribution in [1.29, 1.82) is 0 Å². The van der Waals surface area contributed by atoms with Crippen LogP contribution in [0.2, 0.25) is 0 Å². The molecule has 0 aliphatic heterocycles. The van der Waals surface area contributed by atoms with Gasteiger partial charge in [0.1, 0.15) is 21.3 Å². The van der Waals surface area contributed by atoms with Gasteiger partial charge in [-0.2, -0.15) is 10.2 Å². The molecule has 0 radical (unpaired) electrons. The maximum Gasteiger partial charge on any atom is 0.210 e. The normalized spacial score (nSPS) is 27.8. The van der Waals surface area contributed by atoms with Crippen LogP contribution in [0.15, 0.2) is 61.2 Å². The van der Waals surface area contributed by atoms with Gasteiger partial charge in [-0.3, -0.25) is 20.2 Å². The van der Waals surface area contributed by atoms with Gasteiger partial charge in [0.2, 0.25) is 10.0 Å². The second-order valence-electron chi connectivity index (χ2n) is 15.2. The van der Waals surface area contributed by atoms with Gasteiger partial charge in [-0.1, -0.05) is 0 Å². The van der Waals surface area contributed by atoms with Crippen molar-refractivity contribution in [3.8, 4) is 34.3 Å². The highest BCUT2D eigenvalue weighted by molar-refractivity contribution is 7.90. The van der Waals surface area contributed by atoms with Gasteiger partial charge in [0.05, 0.1) is 60.4 Å². The van der Waals surface area contributed by atoms with Crippen molar-refractivity contribution in [2.45, 2.75) is 44.9 Å². The van der Waals surface area contributed by atoms with Crippen LogP contribution in [0.3, 0.4) is 0 Å². The minimum atomic E-state index is -3.10. The van der Waals surface area contributed by atoms with E-state index in [1.54, 1.807) is 31.8 Å². The van der Waals surface area contributed by atoms with Crippen LogP contribution in [0.4, 0.5) is 0 Å². The Bertz CT molecular complexity index is 1940. The monoisotopic (exact) mass is 709 g/mol. The van der Waals surface area contributed by atoms with E-state index in [9.17, 15) is 16.8 Å². The lowest BCUT2D eigenvalue weighted by Gasteiger charge is -2.71. The van der Waals surface area contributed by atoms with Crippen molar-refractivity contribution in [3.05, 3.63) is 61.2 Å². The first-order valence-electron chi connectivity index (χ1n) is 16.4. The van der Waals surface area contributed by atoms with Crippen molar-refractivity contribution < 1.29 is 26.3 Å². The smallest absolute Gasteiger partial charge is 0.210 e. The minimum Gasteiger partial charge on any atom is -0.491 e. The van der Waals surface area contributed by atoms with Crippen LogP contribution in [0.5, 0.6) is 11.5 Å². The Hall–Kier alpha value is -3.82. The van der Waals surface area contributed by atoms with Gasteiger partial charge in [0.25, 0.3) is 0 Å². The maximum absolute atomic E-state index is 11.6. The molecule has 6 aliphatic carbocycles. The fraction of sp³-hybridized carbons (Fsp3) is 0.529. The topological polar surface area (TPSA) is 173 Å². The van der Waals surface area contributed by atoms with Gasteiger partial charge in [-0.15, -0.1) is 0 Å². The molecule has 13 nitrogen and oxygen atoms in total.